The summed E-state index contributed by atoms with van der Waals surface area (Å²) in [6.45, 7) is 3.95. The van der Waals surface area contributed by atoms with Crippen molar-refractivity contribution in [3.63, 3.8) is 0 Å². The van der Waals surface area contributed by atoms with Gasteiger partial charge in [0.05, 0.1) is 23.3 Å². The minimum atomic E-state index is -3.23. The first-order valence-electron chi connectivity index (χ1n) is 5.87. The number of sulfonamides is 1. The first-order valence-corrected chi connectivity index (χ1v) is 7.52. The van der Waals surface area contributed by atoms with E-state index >= 15 is 0 Å². The average molecular weight is 267 g/mol. The molecule has 2 N–H and O–H groups in total. The minimum absolute atomic E-state index is 0.109. The van der Waals surface area contributed by atoms with Crippen LogP contribution < -0.4 is 4.72 Å². The Bertz CT molecular complexity index is 599. The van der Waals surface area contributed by atoms with Crippen molar-refractivity contribution in [3.05, 3.63) is 30.1 Å². The first-order chi connectivity index (χ1) is 8.46. The van der Waals surface area contributed by atoms with Crippen LogP contribution in [-0.4, -0.2) is 24.1 Å². The Morgan fingerprint density at radius 1 is 1.33 bits per heavy atom. The van der Waals surface area contributed by atoms with Crippen molar-refractivity contribution in [2.45, 2.75) is 20.4 Å². The topological polar surface area (TPSA) is 74.8 Å². The molecule has 5 nitrogen and oxygen atoms in total. The molecule has 2 aromatic rings. The molecule has 0 fully saturated rings. The molecule has 0 aliphatic heterocycles. The van der Waals surface area contributed by atoms with Crippen LogP contribution in [-0.2, 0) is 16.6 Å². The molecule has 0 saturated heterocycles. The molecule has 0 aliphatic carbocycles. The molecule has 1 heterocycles. The van der Waals surface area contributed by atoms with Crippen LogP contribution in [0, 0.1) is 5.92 Å². The van der Waals surface area contributed by atoms with Crippen molar-refractivity contribution in [1.29, 1.82) is 0 Å². The quantitative estimate of drug-likeness (QED) is 0.864. The van der Waals surface area contributed by atoms with Gasteiger partial charge in [-0.25, -0.2) is 18.1 Å². The van der Waals surface area contributed by atoms with Gasteiger partial charge in [0.1, 0.15) is 5.82 Å². The zero-order valence-corrected chi connectivity index (χ0v) is 11.3. The Labute approximate surface area is 107 Å². The maximum Gasteiger partial charge on any atom is 0.212 e. The predicted octanol–water partition coefficient (Wildman–Crippen LogP) is 1.64. The second kappa shape index (κ2) is 5.07. The molecule has 98 valence electrons. The number of H-pyrrole nitrogens is 1. The summed E-state index contributed by atoms with van der Waals surface area (Å²) in [6.07, 6.45) is 0. The van der Waals surface area contributed by atoms with E-state index in [1.807, 2.05) is 38.1 Å². The Morgan fingerprint density at radius 3 is 2.72 bits per heavy atom. The normalized spacial score (nSPS) is 12.4. The molecular formula is C12H17N3O2S. The van der Waals surface area contributed by atoms with Gasteiger partial charge >= 0.3 is 0 Å². The number of imidazole rings is 1. The fourth-order valence-electron chi connectivity index (χ4n) is 1.77. The van der Waals surface area contributed by atoms with Crippen LogP contribution in [0.2, 0.25) is 0 Å². The maximum absolute atomic E-state index is 11.7. The summed E-state index contributed by atoms with van der Waals surface area (Å²) >= 11 is 0. The lowest BCUT2D eigenvalue weighted by molar-refractivity contribution is 0.566. The average Bonchev–Trinajstić information content (AvgIpc) is 2.67. The minimum Gasteiger partial charge on any atom is -0.341 e. The lowest BCUT2D eigenvalue weighted by Crippen LogP contribution is -2.28. The highest BCUT2D eigenvalue weighted by molar-refractivity contribution is 7.89. The van der Waals surface area contributed by atoms with Crippen LogP contribution in [0.15, 0.2) is 24.3 Å². The van der Waals surface area contributed by atoms with E-state index in [1.165, 1.54) is 0 Å². The van der Waals surface area contributed by atoms with Crippen LogP contribution >= 0.6 is 0 Å². The lowest BCUT2D eigenvalue weighted by atomic mass is 10.3. The highest BCUT2D eigenvalue weighted by atomic mass is 32.2. The molecule has 0 bridgehead atoms. The maximum atomic E-state index is 11.7. The van der Waals surface area contributed by atoms with E-state index in [2.05, 4.69) is 14.7 Å². The highest BCUT2D eigenvalue weighted by Crippen LogP contribution is 2.10. The number of hydrogen-bond donors (Lipinski definition) is 2. The Balaban J connectivity index is 2.06. The van der Waals surface area contributed by atoms with Gasteiger partial charge in [0, 0.05) is 0 Å². The summed E-state index contributed by atoms with van der Waals surface area (Å²) in [7, 11) is -3.23. The molecule has 0 atom stereocenters. The molecule has 0 aliphatic rings. The number of nitrogens with zero attached hydrogens (tertiary/aromatic N) is 1. The molecule has 1 aromatic carbocycles. The number of hydrogen-bond acceptors (Lipinski definition) is 3. The van der Waals surface area contributed by atoms with E-state index in [0.717, 1.165) is 11.0 Å². The van der Waals surface area contributed by atoms with Crippen molar-refractivity contribution in [3.8, 4) is 0 Å². The Hall–Kier alpha value is -1.40. The molecule has 1 aromatic heterocycles. The van der Waals surface area contributed by atoms with Gasteiger partial charge in [0.25, 0.3) is 0 Å². The summed E-state index contributed by atoms with van der Waals surface area (Å²) in [5.41, 5.74) is 1.76. The van der Waals surface area contributed by atoms with Crippen molar-refractivity contribution in [1.82, 2.24) is 14.7 Å². The largest absolute Gasteiger partial charge is 0.341 e. The molecule has 0 spiro atoms. The Morgan fingerprint density at radius 2 is 2.06 bits per heavy atom. The molecular weight excluding hydrogens is 250 g/mol. The predicted molar refractivity (Wildman–Crippen MR) is 71.6 cm³/mol. The molecule has 0 amide bonds. The van der Waals surface area contributed by atoms with Crippen LogP contribution in [0.25, 0.3) is 11.0 Å². The van der Waals surface area contributed by atoms with E-state index in [1.54, 1.807) is 0 Å². The van der Waals surface area contributed by atoms with Crippen molar-refractivity contribution in [2.75, 3.05) is 5.75 Å². The SMILES string of the molecule is CC(C)CS(=O)(=O)NCc1nc2ccccc2[nH]1. The molecule has 2 rings (SSSR count). The van der Waals surface area contributed by atoms with Gasteiger partial charge in [-0.3, -0.25) is 0 Å². The van der Waals surface area contributed by atoms with Gasteiger partial charge < -0.3 is 4.98 Å². The van der Waals surface area contributed by atoms with Crippen molar-refractivity contribution < 1.29 is 8.42 Å². The monoisotopic (exact) mass is 267 g/mol. The molecule has 18 heavy (non-hydrogen) atoms. The molecule has 0 radical (unpaired) electrons. The van der Waals surface area contributed by atoms with E-state index < -0.39 is 10.0 Å². The van der Waals surface area contributed by atoms with Gasteiger partial charge in [0.2, 0.25) is 10.0 Å². The van der Waals surface area contributed by atoms with E-state index in [9.17, 15) is 8.42 Å². The van der Waals surface area contributed by atoms with Crippen LogP contribution in [0.4, 0.5) is 0 Å². The molecule has 6 heteroatoms. The van der Waals surface area contributed by atoms with Crippen LogP contribution in [0.1, 0.15) is 19.7 Å². The van der Waals surface area contributed by atoms with Crippen molar-refractivity contribution >= 4 is 21.1 Å². The smallest absolute Gasteiger partial charge is 0.212 e. The van der Waals surface area contributed by atoms with Gasteiger partial charge in [0.15, 0.2) is 0 Å². The van der Waals surface area contributed by atoms with E-state index in [0.29, 0.717) is 5.82 Å². The van der Waals surface area contributed by atoms with Crippen LogP contribution in [0.5, 0.6) is 0 Å². The number of aromatic amines is 1. The highest BCUT2D eigenvalue weighted by Gasteiger charge is 2.13. The number of fused-ring (bicyclic) bond motifs is 1. The van der Waals surface area contributed by atoms with Gasteiger partial charge in [-0.15, -0.1) is 0 Å². The number of nitrogens with one attached hydrogen (secondary N) is 2. The van der Waals surface area contributed by atoms with E-state index in [-0.39, 0.29) is 18.2 Å². The van der Waals surface area contributed by atoms with E-state index in [4.69, 9.17) is 0 Å². The first kappa shape index (κ1) is 13.0. The molecule has 0 unspecified atom stereocenters. The summed E-state index contributed by atoms with van der Waals surface area (Å²) < 4.78 is 25.9. The fourth-order valence-corrected chi connectivity index (χ4v) is 3.12. The molecule has 0 saturated carbocycles. The van der Waals surface area contributed by atoms with Gasteiger partial charge in [-0.2, -0.15) is 0 Å². The lowest BCUT2D eigenvalue weighted by Gasteiger charge is -2.07. The van der Waals surface area contributed by atoms with Gasteiger partial charge in [-0.1, -0.05) is 26.0 Å². The third kappa shape index (κ3) is 3.30. The fraction of sp³-hybridized carbons (Fsp3) is 0.417. The Kier molecular flexibility index (Phi) is 3.68. The zero-order valence-electron chi connectivity index (χ0n) is 10.5. The van der Waals surface area contributed by atoms with Crippen LogP contribution in [0.3, 0.4) is 0 Å². The third-order valence-corrected chi connectivity index (χ3v) is 4.14. The summed E-state index contributed by atoms with van der Waals surface area (Å²) in [6, 6.07) is 7.61. The third-order valence-electron chi connectivity index (χ3n) is 2.45. The number of benzene rings is 1. The summed E-state index contributed by atoms with van der Waals surface area (Å²) in [5, 5.41) is 0. The summed E-state index contributed by atoms with van der Waals surface area (Å²) in [5.74, 6) is 0.870. The van der Waals surface area contributed by atoms with Crippen molar-refractivity contribution in [2.24, 2.45) is 5.92 Å². The second-order valence-electron chi connectivity index (χ2n) is 4.70. The second-order valence-corrected chi connectivity index (χ2v) is 6.55. The number of rotatable bonds is 5. The number of para-hydroxylation sites is 2. The summed E-state index contributed by atoms with van der Waals surface area (Å²) in [4.78, 5) is 7.40. The standard InChI is InChI=1S/C12H17N3O2S/c1-9(2)8-18(16,17)13-7-12-14-10-5-3-4-6-11(10)15-12/h3-6,9,13H,7-8H2,1-2H3,(H,14,15). The number of aromatic nitrogens is 2. The van der Waals surface area contributed by atoms with Gasteiger partial charge in [-0.05, 0) is 18.1 Å². The zero-order chi connectivity index (χ0) is 13.2.